The van der Waals surface area contributed by atoms with E-state index in [0.717, 1.165) is 35.2 Å². The lowest BCUT2D eigenvalue weighted by Crippen LogP contribution is -2.11. The zero-order valence-corrected chi connectivity index (χ0v) is 13.9. The van der Waals surface area contributed by atoms with E-state index in [9.17, 15) is 0 Å². The minimum Gasteiger partial charge on any atom is -0.496 e. The van der Waals surface area contributed by atoms with Crippen LogP contribution in [0.25, 0.3) is 0 Å². The second-order valence-electron chi connectivity index (χ2n) is 4.67. The second-order valence-corrected chi connectivity index (χ2v) is 6.16. The Kier molecular flexibility index (Phi) is 6.43. The molecule has 0 aliphatic rings. The van der Waals surface area contributed by atoms with Crippen molar-refractivity contribution in [2.24, 2.45) is 0 Å². The average molecular weight is 322 g/mol. The molecule has 0 unspecified atom stereocenters. The molecule has 0 aromatic heterocycles. The lowest BCUT2D eigenvalue weighted by atomic mass is 10.2. The summed E-state index contributed by atoms with van der Waals surface area (Å²) in [6.07, 6.45) is 0. The lowest BCUT2D eigenvalue weighted by Gasteiger charge is -2.09. The maximum Gasteiger partial charge on any atom is 0.123 e. The molecule has 2 nitrogen and oxygen atoms in total. The topological polar surface area (TPSA) is 21.3 Å². The maximum atomic E-state index is 6.06. The normalized spacial score (nSPS) is 10.6. The molecule has 0 aliphatic heterocycles. The second kappa shape index (κ2) is 8.32. The Morgan fingerprint density at radius 3 is 2.81 bits per heavy atom. The van der Waals surface area contributed by atoms with Gasteiger partial charge in [-0.3, -0.25) is 0 Å². The van der Waals surface area contributed by atoms with Crippen molar-refractivity contribution < 1.29 is 4.74 Å². The summed E-state index contributed by atoms with van der Waals surface area (Å²) in [7, 11) is 1.69. The first-order valence-corrected chi connectivity index (χ1v) is 8.34. The van der Waals surface area contributed by atoms with Gasteiger partial charge in [0.05, 0.1) is 7.11 Å². The standard InChI is InChI=1S/C17H20ClNOS/c1-3-19-11-13-5-4-6-16(9-13)21-12-14-10-15(18)7-8-17(14)20-2/h4-10,19H,3,11-12H2,1-2H3. The van der Waals surface area contributed by atoms with Crippen molar-refractivity contribution in [1.82, 2.24) is 5.32 Å². The fourth-order valence-corrected chi connectivity index (χ4v) is 3.19. The van der Waals surface area contributed by atoms with Gasteiger partial charge < -0.3 is 10.1 Å². The van der Waals surface area contributed by atoms with Gasteiger partial charge in [-0.2, -0.15) is 0 Å². The maximum absolute atomic E-state index is 6.06. The van der Waals surface area contributed by atoms with Gasteiger partial charge in [0.1, 0.15) is 5.75 Å². The number of ether oxygens (including phenoxy) is 1. The summed E-state index contributed by atoms with van der Waals surface area (Å²) in [5, 5.41) is 4.09. The number of halogens is 1. The SMILES string of the molecule is CCNCc1cccc(SCc2cc(Cl)ccc2OC)c1. The third-order valence-corrected chi connectivity index (χ3v) is 4.39. The Morgan fingerprint density at radius 1 is 1.19 bits per heavy atom. The minimum absolute atomic E-state index is 0.743. The molecule has 0 saturated heterocycles. The van der Waals surface area contributed by atoms with E-state index in [4.69, 9.17) is 16.3 Å². The quantitative estimate of drug-likeness (QED) is 0.743. The van der Waals surface area contributed by atoms with Crippen LogP contribution in [0.4, 0.5) is 0 Å². The zero-order valence-electron chi connectivity index (χ0n) is 12.4. The first-order valence-electron chi connectivity index (χ1n) is 6.97. The highest BCUT2D eigenvalue weighted by Gasteiger charge is 2.05. The van der Waals surface area contributed by atoms with Crippen LogP contribution in [0.1, 0.15) is 18.1 Å². The fourth-order valence-electron chi connectivity index (χ4n) is 2.04. The van der Waals surface area contributed by atoms with Crippen LogP contribution in [0.5, 0.6) is 5.75 Å². The summed E-state index contributed by atoms with van der Waals surface area (Å²) in [4.78, 5) is 1.26. The van der Waals surface area contributed by atoms with Gasteiger partial charge >= 0.3 is 0 Å². The van der Waals surface area contributed by atoms with E-state index in [-0.39, 0.29) is 0 Å². The number of benzene rings is 2. The van der Waals surface area contributed by atoms with Crippen LogP contribution in [0.15, 0.2) is 47.4 Å². The van der Waals surface area contributed by atoms with Gasteiger partial charge in [0.2, 0.25) is 0 Å². The third-order valence-electron chi connectivity index (χ3n) is 3.11. The van der Waals surface area contributed by atoms with Gasteiger partial charge in [-0.15, -0.1) is 11.8 Å². The van der Waals surface area contributed by atoms with E-state index >= 15 is 0 Å². The molecular formula is C17H20ClNOS. The third kappa shape index (κ3) is 4.95. The largest absolute Gasteiger partial charge is 0.496 e. The van der Waals surface area contributed by atoms with E-state index in [0.29, 0.717) is 0 Å². The van der Waals surface area contributed by atoms with Gasteiger partial charge in [0, 0.05) is 27.8 Å². The molecule has 0 fully saturated rings. The molecule has 0 bridgehead atoms. The smallest absolute Gasteiger partial charge is 0.123 e. The summed E-state index contributed by atoms with van der Waals surface area (Å²) in [5.74, 6) is 1.73. The average Bonchev–Trinajstić information content (AvgIpc) is 2.51. The van der Waals surface area contributed by atoms with Crippen molar-refractivity contribution in [3.8, 4) is 5.75 Å². The molecule has 4 heteroatoms. The zero-order chi connectivity index (χ0) is 15.1. The molecule has 0 saturated carbocycles. The van der Waals surface area contributed by atoms with Gasteiger partial charge in [-0.05, 0) is 42.4 Å². The molecule has 0 aliphatic carbocycles. The Morgan fingerprint density at radius 2 is 2.05 bits per heavy atom. The minimum atomic E-state index is 0.743. The predicted octanol–water partition coefficient (Wildman–Crippen LogP) is 4.75. The highest BCUT2D eigenvalue weighted by atomic mass is 35.5. The molecule has 21 heavy (non-hydrogen) atoms. The van der Waals surface area contributed by atoms with Crippen LogP contribution < -0.4 is 10.1 Å². The van der Waals surface area contributed by atoms with Crippen LogP contribution >= 0.6 is 23.4 Å². The van der Waals surface area contributed by atoms with Crippen LogP contribution in [0.3, 0.4) is 0 Å². The summed E-state index contributed by atoms with van der Waals surface area (Å²) >= 11 is 7.86. The summed E-state index contributed by atoms with van der Waals surface area (Å²) in [5.41, 5.74) is 2.42. The Labute approximate surface area is 135 Å². The van der Waals surface area contributed by atoms with Gasteiger partial charge in [0.15, 0.2) is 0 Å². The Balaban J connectivity index is 2.04. The number of hydrogen-bond donors (Lipinski definition) is 1. The van der Waals surface area contributed by atoms with E-state index in [1.54, 1.807) is 18.9 Å². The highest BCUT2D eigenvalue weighted by molar-refractivity contribution is 7.98. The molecule has 0 radical (unpaired) electrons. The summed E-state index contributed by atoms with van der Waals surface area (Å²) in [6, 6.07) is 14.3. The molecule has 2 aromatic carbocycles. The van der Waals surface area contributed by atoms with Crippen molar-refractivity contribution in [2.75, 3.05) is 13.7 Å². The molecule has 0 heterocycles. The molecule has 0 amide bonds. The van der Waals surface area contributed by atoms with Crippen LogP contribution in [-0.2, 0) is 12.3 Å². The van der Waals surface area contributed by atoms with Crippen molar-refractivity contribution in [3.63, 3.8) is 0 Å². The molecule has 112 valence electrons. The monoisotopic (exact) mass is 321 g/mol. The first-order chi connectivity index (χ1) is 10.2. The van der Waals surface area contributed by atoms with Crippen molar-refractivity contribution in [3.05, 3.63) is 58.6 Å². The first kappa shape index (κ1) is 16.2. The van der Waals surface area contributed by atoms with Crippen LogP contribution in [0.2, 0.25) is 5.02 Å². The molecule has 2 rings (SSSR count). The Hall–Kier alpha value is -1.16. The molecular weight excluding hydrogens is 302 g/mol. The number of thioether (sulfide) groups is 1. The van der Waals surface area contributed by atoms with Gasteiger partial charge in [-0.25, -0.2) is 0 Å². The molecule has 2 aromatic rings. The highest BCUT2D eigenvalue weighted by Crippen LogP contribution is 2.30. The van der Waals surface area contributed by atoms with E-state index in [1.165, 1.54) is 10.5 Å². The summed E-state index contributed by atoms with van der Waals surface area (Å²) in [6.45, 7) is 4.01. The number of nitrogens with one attached hydrogen (secondary N) is 1. The molecule has 0 atom stereocenters. The van der Waals surface area contributed by atoms with Gasteiger partial charge in [0.25, 0.3) is 0 Å². The van der Waals surface area contributed by atoms with Crippen molar-refractivity contribution >= 4 is 23.4 Å². The van der Waals surface area contributed by atoms with Crippen LogP contribution in [-0.4, -0.2) is 13.7 Å². The Bertz CT molecular complexity index is 589. The van der Waals surface area contributed by atoms with Crippen molar-refractivity contribution in [1.29, 1.82) is 0 Å². The molecule has 0 spiro atoms. The van der Waals surface area contributed by atoms with E-state index in [1.807, 2.05) is 18.2 Å². The fraction of sp³-hybridized carbons (Fsp3) is 0.294. The van der Waals surface area contributed by atoms with Crippen molar-refractivity contribution in [2.45, 2.75) is 24.1 Å². The van der Waals surface area contributed by atoms with Gasteiger partial charge in [-0.1, -0.05) is 30.7 Å². The van der Waals surface area contributed by atoms with E-state index in [2.05, 4.69) is 36.5 Å². The number of methoxy groups -OCH3 is 1. The summed E-state index contributed by atoms with van der Waals surface area (Å²) < 4.78 is 5.38. The van der Waals surface area contributed by atoms with E-state index < -0.39 is 0 Å². The molecule has 1 N–H and O–H groups in total. The van der Waals surface area contributed by atoms with Crippen LogP contribution in [0, 0.1) is 0 Å². The predicted molar refractivity (Wildman–Crippen MR) is 91.4 cm³/mol. The lowest BCUT2D eigenvalue weighted by molar-refractivity contribution is 0.411. The number of hydrogen-bond acceptors (Lipinski definition) is 3. The number of rotatable bonds is 7.